The van der Waals surface area contributed by atoms with Crippen LogP contribution in [-0.2, 0) is 0 Å². The number of benzene rings is 2. The summed E-state index contributed by atoms with van der Waals surface area (Å²) in [4.78, 5) is 2.45. The largest absolute Gasteiger partial charge is 0.497 e. The Morgan fingerprint density at radius 2 is 1.85 bits per heavy atom. The Bertz CT molecular complexity index is 744. The predicted octanol–water partition coefficient (Wildman–Crippen LogP) is 3.34. The average molecular weight is 368 g/mol. The number of ether oxygens (including phenoxy) is 3. The second kappa shape index (κ2) is 8.53. The smallest absolute Gasteiger partial charge is 0.161 e. The van der Waals surface area contributed by atoms with Gasteiger partial charge in [-0.15, -0.1) is 0 Å². The number of nitrogens with one attached hydrogen (secondary N) is 1. The van der Waals surface area contributed by atoms with Crippen LogP contribution in [-0.4, -0.2) is 46.0 Å². The summed E-state index contributed by atoms with van der Waals surface area (Å²) in [6.07, 6.45) is 2.49. The summed E-state index contributed by atoms with van der Waals surface area (Å²) < 4.78 is 17.1. The van der Waals surface area contributed by atoms with Gasteiger partial charge in [0.15, 0.2) is 11.5 Å². The van der Waals surface area contributed by atoms with Crippen molar-refractivity contribution in [3.63, 3.8) is 0 Å². The van der Waals surface area contributed by atoms with Gasteiger partial charge in [0.05, 0.1) is 7.11 Å². The zero-order valence-electron chi connectivity index (χ0n) is 15.9. The van der Waals surface area contributed by atoms with Gasteiger partial charge in [-0.2, -0.15) is 0 Å². The normalized spacial score (nSPS) is 19.7. The van der Waals surface area contributed by atoms with Gasteiger partial charge >= 0.3 is 0 Å². The van der Waals surface area contributed by atoms with Crippen molar-refractivity contribution in [2.24, 2.45) is 5.92 Å². The molecule has 27 heavy (non-hydrogen) atoms. The first kappa shape index (κ1) is 18.0. The maximum absolute atomic E-state index is 6.01. The lowest BCUT2D eigenvalue weighted by atomic mass is 9.96. The monoisotopic (exact) mass is 368 g/mol. The Morgan fingerprint density at radius 1 is 1.04 bits per heavy atom. The van der Waals surface area contributed by atoms with E-state index in [1.807, 2.05) is 30.3 Å². The highest BCUT2D eigenvalue weighted by molar-refractivity contribution is 5.51. The zero-order chi connectivity index (χ0) is 18.5. The molecule has 1 saturated heterocycles. The summed E-state index contributed by atoms with van der Waals surface area (Å²) in [5.74, 6) is 3.33. The molecule has 2 aromatic rings. The molecule has 1 N–H and O–H groups in total. The molecule has 0 saturated carbocycles. The Hall–Kier alpha value is -2.40. The molecule has 2 aliphatic rings. The van der Waals surface area contributed by atoms with E-state index in [9.17, 15) is 0 Å². The summed E-state index contributed by atoms with van der Waals surface area (Å²) in [6.45, 7) is 4.65. The molecule has 2 aromatic carbocycles. The van der Waals surface area contributed by atoms with Gasteiger partial charge in [-0.1, -0.05) is 18.2 Å². The van der Waals surface area contributed by atoms with Crippen LogP contribution in [0.5, 0.6) is 17.2 Å². The van der Waals surface area contributed by atoms with Crippen molar-refractivity contribution in [1.29, 1.82) is 0 Å². The lowest BCUT2D eigenvalue weighted by molar-refractivity contribution is 0.0894. The van der Waals surface area contributed by atoms with Crippen LogP contribution in [0.25, 0.3) is 0 Å². The SMILES string of the molecule is COc1cccc(N2CCC(CNC[C@@H]3COc4ccccc4O3)CC2)c1. The molecule has 1 atom stereocenters. The molecule has 0 spiro atoms. The molecule has 1 fully saturated rings. The highest BCUT2D eigenvalue weighted by Crippen LogP contribution is 2.31. The summed E-state index contributed by atoms with van der Waals surface area (Å²) in [5, 5.41) is 3.58. The van der Waals surface area contributed by atoms with Crippen molar-refractivity contribution in [1.82, 2.24) is 5.32 Å². The number of anilines is 1. The molecule has 5 heteroatoms. The average Bonchev–Trinajstić information content (AvgIpc) is 2.74. The molecule has 0 unspecified atom stereocenters. The lowest BCUT2D eigenvalue weighted by Gasteiger charge is -2.34. The Morgan fingerprint density at radius 3 is 2.67 bits per heavy atom. The molecular formula is C22H28N2O3. The van der Waals surface area contributed by atoms with E-state index in [0.717, 1.165) is 43.4 Å². The first-order chi connectivity index (χ1) is 13.3. The number of piperidine rings is 1. The minimum Gasteiger partial charge on any atom is -0.497 e. The Labute approximate surface area is 161 Å². The van der Waals surface area contributed by atoms with Gasteiger partial charge in [-0.25, -0.2) is 0 Å². The topological polar surface area (TPSA) is 43.0 Å². The first-order valence-electron chi connectivity index (χ1n) is 9.80. The Balaban J connectivity index is 1.19. The van der Waals surface area contributed by atoms with Gasteiger partial charge in [0.1, 0.15) is 18.5 Å². The summed E-state index contributed by atoms with van der Waals surface area (Å²) in [5.41, 5.74) is 1.26. The van der Waals surface area contributed by atoms with Gasteiger partial charge in [-0.3, -0.25) is 0 Å². The lowest BCUT2D eigenvalue weighted by Crippen LogP contribution is -2.42. The van der Waals surface area contributed by atoms with Crippen molar-refractivity contribution < 1.29 is 14.2 Å². The van der Waals surface area contributed by atoms with Crippen LogP contribution in [0, 0.1) is 5.92 Å². The highest BCUT2D eigenvalue weighted by atomic mass is 16.6. The second-order valence-corrected chi connectivity index (χ2v) is 7.29. The maximum atomic E-state index is 6.01. The van der Waals surface area contributed by atoms with E-state index >= 15 is 0 Å². The highest BCUT2D eigenvalue weighted by Gasteiger charge is 2.22. The van der Waals surface area contributed by atoms with Crippen LogP contribution in [0.2, 0.25) is 0 Å². The fraction of sp³-hybridized carbons (Fsp3) is 0.455. The summed E-state index contributed by atoms with van der Waals surface area (Å²) in [6, 6.07) is 16.2. The molecule has 0 aliphatic carbocycles. The van der Waals surface area contributed by atoms with Crippen molar-refractivity contribution in [3.8, 4) is 17.2 Å². The number of hydrogen-bond donors (Lipinski definition) is 1. The number of para-hydroxylation sites is 2. The van der Waals surface area contributed by atoms with E-state index in [-0.39, 0.29) is 6.10 Å². The van der Waals surface area contributed by atoms with E-state index in [1.54, 1.807) is 7.11 Å². The third-order valence-electron chi connectivity index (χ3n) is 5.41. The van der Waals surface area contributed by atoms with E-state index in [0.29, 0.717) is 12.5 Å². The van der Waals surface area contributed by atoms with Crippen LogP contribution >= 0.6 is 0 Å². The second-order valence-electron chi connectivity index (χ2n) is 7.29. The van der Waals surface area contributed by atoms with Crippen molar-refractivity contribution in [2.75, 3.05) is 44.8 Å². The molecule has 2 aliphatic heterocycles. The molecule has 0 amide bonds. The fourth-order valence-corrected chi connectivity index (χ4v) is 3.81. The van der Waals surface area contributed by atoms with E-state index in [4.69, 9.17) is 14.2 Å². The van der Waals surface area contributed by atoms with Crippen LogP contribution in [0.15, 0.2) is 48.5 Å². The van der Waals surface area contributed by atoms with Gasteiger partial charge in [0.2, 0.25) is 0 Å². The molecule has 5 nitrogen and oxygen atoms in total. The van der Waals surface area contributed by atoms with Crippen molar-refractivity contribution in [2.45, 2.75) is 18.9 Å². The molecular weight excluding hydrogens is 340 g/mol. The molecule has 0 bridgehead atoms. The van der Waals surface area contributed by atoms with Crippen LogP contribution < -0.4 is 24.4 Å². The zero-order valence-corrected chi connectivity index (χ0v) is 15.9. The third kappa shape index (κ3) is 4.48. The molecule has 2 heterocycles. The minimum absolute atomic E-state index is 0.0803. The first-order valence-corrected chi connectivity index (χ1v) is 9.80. The van der Waals surface area contributed by atoms with Crippen molar-refractivity contribution >= 4 is 5.69 Å². The summed E-state index contributed by atoms with van der Waals surface area (Å²) >= 11 is 0. The van der Waals surface area contributed by atoms with Gasteiger partial charge in [-0.05, 0) is 49.6 Å². The van der Waals surface area contributed by atoms with Crippen LogP contribution in [0.1, 0.15) is 12.8 Å². The number of hydrogen-bond acceptors (Lipinski definition) is 5. The predicted molar refractivity (Wildman–Crippen MR) is 107 cm³/mol. The van der Waals surface area contributed by atoms with Gasteiger partial charge in [0.25, 0.3) is 0 Å². The standard InChI is InChI=1S/C22H28N2O3/c1-25-19-6-4-5-18(13-19)24-11-9-17(10-12-24)14-23-15-20-16-26-21-7-2-3-8-22(21)27-20/h2-8,13,17,20,23H,9-12,14-16H2,1H3/t20-/m1/s1. The number of methoxy groups -OCH3 is 1. The van der Waals surface area contributed by atoms with E-state index in [1.165, 1.54) is 18.5 Å². The van der Waals surface area contributed by atoms with Gasteiger partial charge in [0, 0.05) is 31.4 Å². The quantitative estimate of drug-likeness (QED) is 0.847. The van der Waals surface area contributed by atoms with E-state index in [2.05, 4.69) is 28.4 Å². The number of nitrogens with zero attached hydrogens (tertiary/aromatic N) is 1. The molecule has 144 valence electrons. The maximum Gasteiger partial charge on any atom is 0.161 e. The van der Waals surface area contributed by atoms with Gasteiger partial charge < -0.3 is 24.4 Å². The number of rotatable bonds is 6. The molecule has 4 rings (SSSR count). The van der Waals surface area contributed by atoms with Crippen LogP contribution in [0.4, 0.5) is 5.69 Å². The summed E-state index contributed by atoms with van der Waals surface area (Å²) in [7, 11) is 1.72. The number of fused-ring (bicyclic) bond motifs is 1. The molecule has 0 aromatic heterocycles. The fourth-order valence-electron chi connectivity index (χ4n) is 3.81. The third-order valence-corrected chi connectivity index (χ3v) is 5.41. The van der Waals surface area contributed by atoms with E-state index < -0.39 is 0 Å². The Kier molecular flexibility index (Phi) is 5.68. The van der Waals surface area contributed by atoms with Crippen LogP contribution in [0.3, 0.4) is 0 Å². The van der Waals surface area contributed by atoms with Crippen molar-refractivity contribution in [3.05, 3.63) is 48.5 Å². The minimum atomic E-state index is 0.0803. The molecule has 0 radical (unpaired) electrons.